The highest BCUT2D eigenvalue weighted by atomic mass is 79.9. The third-order valence-corrected chi connectivity index (χ3v) is 2.93. The van der Waals surface area contributed by atoms with Crippen molar-refractivity contribution in [2.75, 3.05) is 13.1 Å². The maximum Gasteiger partial charge on any atom is 0.305 e. The van der Waals surface area contributed by atoms with Gasteiger partial charge in [-0.05, 0) is 24.3 Å². The Morgan fingerprint density at radius 3 is 2.20 bits per heavy atom. The third-order valence-electron chi connectivity index (χ3n) is 2.41. The lowest BCUT2D eigenvalue weighted by Crippen LogP contribution is -2.31. The highest BCUT2D eigenvalue weighted by molar-refractivity contribution is 9.10. The Kier molecular flexibility index (Phi) is 6.72. The Morgan fingerprint density at radius 1 is 1.00 bits per heavy atom. The van der Waals surface area contributed by atoms with E-state index in [0.29, 0.717) is 5.56 Å². The minimum atomic E-state index is -0.964. The summed E-state index contributed by atoms with van der Waals surface area (Å²) >= 11 is 3.27. The number of hydrogen-bond donors (Lipinski definition) is 3. The van der Waals surface area contributed by atoms with Gasteiger partial charge in [-0.1, -0.05) is 15.9 Å². The zero-order valence-corrected chi connectivity index (χ0v) is 12.3. The summed E-state index contributed by atoms with van der Waals surface area (Å²) in [5.74, 6) is -1.51. The second kappa shape index (κ2) is 8.31. The van der Waals surface area contributed by atoms with Gasteiger partial charge in [-0.15, -0.1) is 0 Å². The predicted molar refractivity (Wildman–Crippen MR) is 76.4 cm³/mol. The summed E-state index contributed by atoms with van der Waals surface area (Å²) in [7, 11) is 0. The molecule has 0 atom stereocenters. The summed E-state index contributed by atoms with van der Waals surface area (Å²) in [6.07, 6.45) is -0.00111. The Bertz CT molecular complexity index is 488. The molecule has 1 aromatic carbocycles. The van der Waals surface area contributed by atoms with E-state index >= 15 is 0 Å². The van der Waals surface area contributed by atoms with Gasteiger partial charge in [0.15, 0.2) is 0 Å². The minimum Gasteiger partial charge on any atom is -0.481 e. The van der Waals surface area contributed by atoms with E-state index in [9.17, 15) is 14.4 Å². The summed E-state index contributed by atoms with van der Waals surface area (Å²) in [5, 5.41) is 13.5. The predicted octanol–water partition coefficient (Wildman–Crippen LogP) is 1.16. The summed E-state index contributed by atoms with van der Waals surface area (Å²) in [5.41, 5.74) is 0.513. The summed E-state index contributed by atoms with van der Waals surface area (Å²) in [6, 6.07) is 6.86. The Balaban J connectivity index is 2.23. The molecule has 0 saturated heterocycles. The van der Waals surface area contributed by atoms with Gasteiger partial charge in [0, 0.05) is 29.5 Å². The highest BCUT2D eigenvalue weighted by Crippen LogP contribution is 2.10. The normalized spacial score (nSPS) is 9.85. The van der Waals surface area contributed by atoms with Crippen LogP contribution in [0.15, 0.2) is 28.7 Å². The van der Waals surface area contributed by atoms with E-state index < -0.39 is 5.97 Å². The molecule has 0 aliphatic heterocycles. The van der Waals surface area contributed by atoms with Gasteiger partial charge in [-0.3, -0.25) is 14.4 Å². The smallest absolute Gasteiger partial charge is 0.305 e. The fourth-order valence-corrected chi connectivity index (χ4v) is 1.65. The van der Waals surface area contributed by atoms with Gasteiger partial charge in [-0.2, -0.15) is 0 Å². The Morgan fingerprint density at radius 2 is 1.60 bits per heavy atom. The Labute approximate surface area is 124 Å². The first-order valence-corrected chi connectivity index (χ1v) is 6.80. The van der Waals surface area contributed by atoms with Crippen LogP contribution < -0.4 is 10.6 Å². The van der Waals surface area contributed by atoms with Gasteiger partial charge in [0.1, 0.15) is 0 Å². The molecule has 6 nitrogen and oxygen atoms in total. The summed E-state index contributed by atoms with van der Waals surface area (Å²) in [4.78, 5) is 33.3. The Hall–Kier alpha value is -1.89. The molecular weight excluding hydrogens is 328 g/mol. The van der Waals surface area contributed by atoms with Crippen molar-refractivity contribution in [3.8, 4) is 0 Å². The van der Waals surface area contributed by atoms with E-state index in [0.717, 1.165) is 4.47 Å². The molecule has 7 heteroatoms. The van der Waals surface area contributed by atoms with Crippen LogP contribution in [-0.4, -0.2) is 36.0 Å². The van der Waals surface area contributed by atoms with Crippen LogP contribution in [0, 0.1) is 0 Å². The molecule has 0 spiro atoms. The molecule has 0 saturated carbocycles. The fourth-order valence-electron chi connectivity index (χ4n) is 1.39. The van der Waals surface area contributed by atoms with Crippen LogP contribution in [0.2, 0.25) is 0 Å². The number of rotatable bonds is 7. The number of benzene rings is 1. The lowest BCUT2D eigenvalue weighted by molar-refractivity contribution is -0.136. The number of amides is 2. The molecule has 0 unspecified atom stereocenters. The third kappa shape index (κ3) is 6.33. The zero-order valence-electron chi connectivity index (χ0n) is 10.7. The van der Waals surface area contributed by atoms with E-state index in [1.807, 2.05) is 0 Å². The van der Waals surface area contributed by atoms with Crippen LogP contribution in [0.25, 0.3) is 0 Å². The van der Waals surface area contributed by atoms with Crippen LogP contribution in [0.1, 0.15) is 23.2 Å². The van der Waals surface area contributed by atoms with E-state index in [1.165, 1.54) is 0 Å². The first kappa shape index (κ1) is 16.2. The molecule has 0 aliphatic rings. The second-order valence-electron chi connectivity index (χ2n) is 4.01. The van der Waals surface area contributed by atoms with E-state index in [1.54, 1.807) is 24.3 Å². The minimum absolute atomic E-state index is 0.0921. The number of carboxylic acids is 1. The van der Waals surface area contributed by atoms with Crippen molar-refractivity contribution in [2.45, 2.75) is 12.8 Å². The fraction of sp³-hybridized carbons (Fsp3) is 0.308. The lowest BCUT2D eigenvalue weighted by atomic mass is 10.2. The average Bonchev–Trinajstić information content (AvgIpc) is 2.39. The molecule has 0 heterocycles. The van der Waals surface area contributed by atoms with Crippen LogP contribution in [0.3, 0.4) is 0 Å². The maximum absolute atomic E-state index is 11.7. The number of carboxylic acid groups (broad SMARTS) is 1. The summed E-state index contributed by atoms with van der Waals surface area (Å²) in [6.45, 7) is 0.294. The molecule has 0 fully saturated rings. The van der Waals surface area contributed by atoms with Crippen molar-refractivity contribution in [2.24, 2.45) is 0 Å². The van der Waals surface area contributed by atoms with E-state index in [4.69, 9.17) is 5.11 Å². The van der Waals surface area contributed by atoms with E-state index in [2.05, 4.69) is 26.6 Å². The molecule has 1 aromatic rings. The van der Waals surface area contributed by atoms with Gasteiger partial charge in [0.2, 0.25) is 5.91 Å². The first-order valence-electron chi connectivity index (χ1n) is 6.01. The van der Waals surface area contributed by atoms with Gasteiger partial charge in [-0.25, -0.2) is 0 Å². The van der Waals surface area contributed by atoms with Crippen molar-refractivity contribution in [1.29, 1.82) is 0 Å². The highest BCUT2D eigenvalue weighted by Gasteiger charge is 2.06. The number of hydrogen-bond acceptors (Lipinski definition) is 3. The number of halogens is 1. The van der Waals surface area contributed by atoms with Crippen LogP contribution >= 0.6 is 15.9 Å². The monoisotopic (exact) mass is 342 g/mol. The van der Waals surface area contributed by atoms with Gasteiger partial charge in [0.25, 0.3) is 5.91 Å². The summed E-state index contributed by atoms with van der Waals surface area (Å²) < 4.78 is 0.881. The molecular formula is C13H15BrN2O4. The number of carbonyl (C=O) groups excluding carboxylic acids is 2. The van der Waals surface area contributed by atoms with Crippen LogP contribution in [0.4, 0.5) is 0 Å². The molecule has 1 rings (SSSR count). The number of carbonyl (C=O) groups is 3. The molecule has 0 aliphatic carbocycles. The lowest BCUT2D eigenvalue weighted by Gasteiger charge is -2.06. The molecule has 0 bridgehead atoms. The van der Waals surface area contributed by atoms with Gasteiger partial charge < -0.3 is 15.7 Å². The first-order chi connectivity index (χ1) is 9.49. The van der Waals surface area contributed by atoms with Crippen LogP contribution in [0.5, 0.6) is 0 Å². The van der Waals surface area contributed by atoms with Gasteiger partial charge in [0.05, 0.1) is 6.42 Å². The quantitative estimate of drug-likeness (QED) is 0.692. The second-order valence-corrected chi connectivity index (χ2v) is 4.92. The molecule has 0 aromatic heterocycles. The van der Waals surface area contributed by atoms with Crippen molar-refractivity contribution in [3.05, 3.63) is 34.3 Å². The van der Waals surface area contributed by atoms with Gasteiger partial charge >= 0.3 is 5.97 Å². The molecule has 20 heavy (non-hydrogen) atoms. The van der Waals surface area contributed by atoms with Crippen molar-refractivity contribution < 1.29 is 19.5 Å². The molecule has 2 amide bonds. The largest absolute Gasteiger partial charge is 0.481 e. The number of nitrogens with one attached hydrogen (secondary N) is 2. The average molecular weight is 343 g/mol. The molecule has 108 valence electrons. The zero-order chi connectivity index (χ0) is 15.0. The standard InChI is InChI=1S/C13H15BrN2O4/c14-10-3-1-9(2-4-10)13(20)16-7-5-11(17)15-8-6-12(18)19/h1-4H,5-8H2,(H,15,17)(H,16,20)(H,18,19). The van der Waals surface area contributed by atoms with Crippen LogP contribution in [-0.2, 0) is 9.59 Å². The van der Waals surface area contributed by atoms with Crippen molar-refractivity contribution in [1.82, 2.24) is 10.6 Å². The van der Waals surface area contributed by atoms with Crippen molar-refractivity contribution >= 4 is 33.7 Å². The topological polar surface area (TPSA) is 95.5 Å². The number of aliphatic carboxylic acids is 1. The van der Waals surface area contributed by atoms with E-state index in [-0.39, 0.29) is 37.7 Å². The SMILES string of the molecule is O=C(O)CCNC(=O)CCNC(=O)c1ccc(Br)cc1. The van der Waals surface area contributed by atoms with Crippen molar-refractivity contribution in [3.63, 3.8) is 0 Å². The maximum atomic E-state index is 11.7. The molecule has 0 radical (unpaired) electrons. The molecule has 3 N–H and O–H groups in total.